The van der Waals surface area contributed by atoms with Crippen LogP contribution in [0.2, 0.25) is 0 Å². The van der Waals surface area contributed by atoms with E-state index in [0.717, 1.165) is 11.0 Å². The van der Waals surface area contributed by atoms with Gasteiger partial charge in [-0.15, -0.1) is 0 Å². The fourth-order valence-electron chi connectivity index (χ4n) is 1.21. The number of halogens is 1. The highest BCUT2D eigenvalue weighted by Gasteiger charge is 2.11. The topological polar surface area (TPSA) is 63.8 Å². The van der Waals surface area contributed by atoms with Crippen molar-refractivity contribution in [2.45, 2.75) is 13.5 Å². The van der Waals surface area contributed by atoms with Crippen LogP contribution in [0, 0.1) is 0 Å². The molecule has 0 aliphatic carbocycles. The first-order valence-corrected chi connectivity index (χ1v) is 5.74. The first-order valence-electron chi connectivity index (χ1n) is 4.95. The SMILES string of the molecule is CCNCc1nc(-c2ncccc2Br)no1. The molecule has 0 fully saturated rings. The number of nitrogens with zero attached hydrogens (tertiary/aromatic N) is 3. The zero-order chi connectivity index (χ0) is 11.4. The van der Waals surface area contributed by atoms with Crippen LogP contribution in [0.25, 0.3) is 11.5 Å². The Morgan fingerprint density at radius 3 is 3.12 bits per heavy atom. The molecule has 2 aromatic heterocycles. The molecule has 2 heterocycles. The lowest BCUT2D eigenvalue weighted by Crippen LogP contribution is -2.11. The highest BCUT2D eigenvalue weighted by Crippen LogP contribution is 2.22. The van der Waals surface area contributed by atoms with Crippen LogP contribution in [0.1, 0.15) is 12.8 Å². The smallest absolute Gasteiger partial charge is 0.240 e. The summed E-state index contributed by atoms with van der Waals surface area (Å²) in [6.07, 6.45) is 1.69. The van der Waals surface area contributed by atoms with E-state index in [9.17, 15) is 0 Å². The van der Waals surface area contributed by atoms with Crippen LogP contribution in [-0.4, -0.2) is 21.7 Å². The van der Waals surface area contributed by atoms with Crippen LogP contribution < -0.4 is 5.32 Å². The molecule has 0 radical (unpaired) electrons. The average molecular weight is 283 g/mol. The molecular weight excluding hydrogens is 272 g/mol. The Bertz CT molecular complexity index is 471. The van der Waals surface area contributed by atoms with Crippen molar-refractivity contribution in [3.8, 4) is 11.5 Å². The number of pyridine rings is 1. The van der Waals surface area contributed by atoms with Crippen molar-refractivity contribution in [1.82, 2.24) is 20.4 Å². The predicted molar refractivity (Wildman–Crippen MR) is 62.6 cm³/mol. The van der Waals surface area contributed by atoms with E-state index < -0.39 is 0 Å². The second kappa shape index (κ2) is 5.18. The van der Waals surface area contributed by atoms with Crippen LogP contribution in [-0.2, 0) is 6.54 Å². The van der Waals surface area contributed by atoms with Gasteiger partial charge in [0.1, 0.15) is 5.69 Å². The molecule has 5 nitrogen and oxygen atoms in total. The summed E-state index contributed by atoms with van der Waals surface area (Å²) in [5, 5.41) is 7.00. The number of nitrogens with one attached hydrogen (secondary N) is 1. The lowest BCUT2D eigenvalue weighted by atomic mass is 10.3. The van der Waals surface area contributed by atoms with E-state index in [-0.39, 0.29) is 0 Å². The molecule has 0 aromatic carbocycles. The Labute approximate surface area is 101 Å². The standard InChI is InChI=1S/C10H11BrN4O/c1-2-12-6-8-14-10(15-16-8)9-7(11)4-3-5-13-9/h3-5,12H,2,6H2,1H3. The summed E-state index contributed by atoms with van der Waals surface area (Å²) >= 11 is 3.40. The summed E-state index contributed by atoms with van der Waals surface area (Å²) in [6, 6.07) is 3.73. The van der Waals surface area contributed by atoms with E-state index in [0.29, 0.717) is 24.0 Å². The van der Waals surface area contributed by atoms with Gasteiger partial charge < -0.3 is 9.84 Å². The molecule has 0 spiro atoms. The fraction of sp³-hybridized carbons (Fsp3) is 0.300. The minimum absolute atomic E-state index is 0.500. The van der Waals surface area contributed by atoms with Gasteiger partial charge in [0, 0.05) is 10.7 Å². The van der Waals surface area contributed by atoms with Crippen molar-refractivity contribution >= 4 is 15.9 Å². The van der Waals surface area contributed by atoms with Gasteiger partial charge in [-0.25, -0.2) is 0 Å². The van der Waals surface area contributed by atoms with Gasteiger partial charge in [0.2, 0.25) is 11.7 Å². The van der Waals surface area contributed by atoms with E-state index in [4.69, 9.17) is 4.52 Å². The molecule has 16 heavy (non-hydrogen) atoms. The number of hydrogen-bond donors (Lipinski definition) is 1. The van der Waals surface area contributed by atoms with Gasteiger partial charge in [0.15, 0.2) is 0 Å². The van der Waals surface area contributed by atoms with Crippen molar-refractivity contribution in [2.24, 2.45) is 0 Å². The lowest BCUT2D eigenvalue weighted by molar-refractivity contribution is 0.369. The zero-order valence-corrected chi connectivity index (χ0v) is 10.4. The minimum Gasteiger partial charge on any atom is -0.337 e. The monoisotopic (exact) mass is 282 g/mol. The maximum atomic E-state index is 5.09. The van der Waals surface area contributed by atoms with Crippen LogP contribution in [0.3, 0.4) is 0 Å². The van der Waals surface area contributed by atoms with E-state index >= 15 is 0 Å². The van der Waals surface area contributed by atoms with Crippen molar-refractivity contribution in [2.75, 3.05) is 6.54 Å². The highest BCUT2D eigenvalue weighted by molar-refractivity contribution is 9.10. The van der Waals surface area contributed by atoms with E-state index in [1.165, 1.54) is 0 Å². The first kappa shape index (κ1) is 11.2. The second-order valence-corrected chi connectivity index (χ2v) is 3.98. The number of rotatable bonds is 4. The molecular formula is C10H11BrN4O. The molecule has 0 saturated heterocycles. The highest BCUT2D eigenvalue weighted by atomic mass is 79.9. The Morgan fingerprint density at radius 2 is 2.38 bits per heavy atom. The Kier molecular flexibility index (Phi) is 3.63. The number of aromatic nitrogens is 3. The van der Waals surface area contributed by atoms with E-state index in [1.54, 1.807) is 6.20 Å². The molecule has 0 bridgehead atoms. The van der Waals surface area contributed by atoms with Gasteiger partial charge in [0.05, 0.1) is 6.54 Å². The molecule has 84 valence electrons. The minimum atomic E-state index is 0.500. The van der Waals surface area contributed by atoms with Gasteiger partial charge in [-0.1, -0.05) is 12.1 Å². The second-order valence-electron chi connectivity index (χ2n) is 3.13. The summed E-state index contributed by atoms with van der Waals surface area (Å²) < 4.78 is 5.94. The quantitative estimate of drug-likeness (QED) is 0.929. The molecule has 2 aromatic rings. The lowest BCUT2D eigenvalue weighted by Gasteiger charge is -1.95. The van der Waals surface area contributed by atoms with Crippen molar-refractivity contribution < 1.29 is 4.52 Å². The third kappa shape index (κ3) is 2.45. The molecule has 0 atom stereocenters. The van der Waals surface area contributed by atoms with Crippen molar-refractivity contribution in [3.63, 3.8) is 0 Å². The molecule has 1 N–H and O–H groups in total. The average Bonchev–Trinajstić information content (AvgIpc) is 2.75. The third-order valence-electron chi connectivity index (χ3n) is 1.96. The summed E-state index contributed by atoms with van der Waals surface area (Å²) in [5.41, 5.74) is 0.689. The molecule has 0 saturated carbocycles. The maximum Gasteiger partial charge on any atom is 0.240 e. The van der Waals surface area contributed by atoms with Crippen LogP contribution in [0.4, 0.5) is 0 Å². The molecule has 0 aliphatic heterocycles. The molecule has 0 unspecified atom stereocenters. The van der Waals surface area contributed by atoms with Gasteiger partial charge in [-0.2, -0.15) is 4.98 Å². The third-order valence-corrected chi connectivity index (χ3v) is 2.60. The Morgan fingerprint density at radius 1 is 1.50 bits per heavy atom. The van der Waals surface area contributed by atoms with Crippen LogP contribution >= 0.6 is 15.9 Å². The van der Waals surface area contributed by atoms with E-state index in [2.05, 4.69) is 36.4 Å². The maximum absolute atomic E-state index is 5.09. The summed E-state index contributed by atoms with van der Waals surface area (Å²) in [4.78, 5) is 8.44. The molecule has 6 heteroatoms. The zero-order valence-electron chi connectivity index (χ0n) is 8.77. The van der Waals surface area contributed by atoms with E-state index in [1.807, 2.05) is 19.1 Å². The largest absolute Gasteiger partial charge is 0.337 e. The van der Waals surface area contributed by atoms with Crippen molar-refractivity contribution in [3.05, 3.63) is 28.7 Å². The predicted octanol–water partition coefficient (Wildman–Crippen LogP) is 2.00. The van der Waals surface area contributed by atoms with Gasteiger partial charge in [-0.3, -0.25) is 4.98 Å². The van der Waals surface area contributed by atoms with Gasteiger partial charge >= 0.3 is 0 Å². The van der Waals surface area contributed by atoms with Crippen LogP contribution in [0.5, 0.6) is 0 Å². The van der Waals surface area contributed by atoms with Crippen LogP contribution in [0.15, 0.2) is 27.3 Å². The number of hydrogen-bond acceptors (Lipinski definition) is 5. The Hall–Kier alpha value is -1.27. The molecule has 0 aliphatic rings. The van der Waals surface area contributed by atoms with Gasteiger partial charge in [-0.05, 0) is 34.6 Å². The Balaban J connectivity index is 2.22. The first-order chi connectivity index (χ1) is 7.81. The van der Waals surface area contributed by atoms with Gasteiger partial charge in [0.25, 0.3) is 0 Å². The summed E-state index contributed by atoms with van der Waals surface area (Å²) in [5.74, 6) is 1.06. The summed E-state index contributed by atoms with van der Waals surface area (Å²) in [6.45, 7) is 3.46. The summed E-state index contributed by atoms with van der Waals surface area (Å²) in [7, 11) is 0. The fourth-order valence-corrected chi connectivity index (χ4v) is 1.64. The van der Waals surface area contributed by atoms with Crippen molar-refractivity contribution in [1.29, 1.82) is 0 Å². The molecule has 2 rings (SSSR count). The molecule has 0 amide bonds. The normalized spacial score (nSPS) is 10.6.